The van der Waals surface area contributed by atoms with Gasteiger partial charge >= 0.3 is 17.7 Å². The molecule has 0 fully saturated rings. The Labute approximate surface area is 211 Å². The van der Waals surface area contributed by atoms with Gasteiger partial charge in [0.2, 0.25) is 5.95 Å². The molecule has 0 spiro atoms. The zero-order valence-electron chi connectivity index (χ0n) is 21.0. The fourth-order valence-corrected chi connectivity index (χ4v) is 4.35. The van der Waals surface area contributed by atoms with Crippen LogP contribution in [0.25, 0.3) is 11.2 Å². The van der Waals surface area contributed by atoms with Gasteiger partial charge in [-0.05, 0) is 12.5 Å². The monoisotopic (exact) mass is 511 g/mol. The lowest BCUT2D eigenvalue weighted by Crippen LogP contribution is -2.48. The maximum atomic E-state index is 13.3. The fourth-order valence-electron chi connectivity index (χ4n) is 4.35. The summed E-state index contributed by atoms with van der Waals surface area (Å²) in [6, 6.07) is 7.76. The Hall–Kier alpha value is -4.39. The van der Waals surface area contributed by atoms with Crippen molar-refractivity contribution >= 4 is 29.1 Å². The molecule has 2 amide bonds. The van der Waals surface area contributed by atoms with E-state index in [1.807, 2.05) is 6.07 Å². The molecule has 0 aliphatic carbocycles. The van der Waals surface area contributed by atoms with Gasteiger partial charge < -0.3 is 20.5 Å². The second kappa shape index (κ2) is 10.3. The minimum atomic E-state index is -0.797. The summed E-state index contributed by atoms with van der Waals surface area (Å²) in [4.78, 5) is 57.8. The van der Waals surface area contributed by atoms with Crippen LogP contribution in [-0.4, -0.2) is 67.5 Å². The first-order valence-corrected chi connectivity index (χ1v) is 11.7. The largest absolute Gasteiger partial charge is 0.463 e. The minimum absolute atomic E-state index is 0.0939. The van der Waals surface area contributed by atoms with Crippen molar-refractivity contribution in [1.82, 2.24) is 28.9 Å². The third kappa shape index (κ3) is 4.48. The second-order valence-electron chi connectivity index (χ2n) is 8.48. The average molecular weight is 512 g/mol. The average Bonchev–Trinajstić information content (AvgIpc) is 3.26. The summed E-state index contributed by atoms with van der Waals surface area (Å²) >= 11 is 0. The molecule has 1 aliphatic rings. The molecule has 13 heteroatoms. The minimum Gasteiger partial charge on any atom is -0.463 e. The molecule has 13 nitrogen and oxygen atoms in total. The predicted molar refractivity (Wildman–Crippen MR) is 135 cm³/mol. The number of aryl methyl sites for hydroxylation is 1. The molecule has 0 radical (unpaired) electrons. The lowest BCUT2D eigenvalue weighted by Gasteiger charge is -2.35. The molecule has 1 unspecified atom stereocenters. The topological polar surface area (TPSA) is 153 Å². The summed E-state index contributed by atoms with van der Waals surface area (Å²) in [5, 5.41) is 15.2. The smallest absolute Gasteiger partial charge is 0.338 e. The van der Waals surface area contributed by atoms with Crippen molar-refractivity contribution in [2.24, 2.45) is 14.1 Å². The summed E-state index contributed by atoms with van der Waals surface area (Å²) in [6.07, 6.45) is 0. The van der Waals surface area contributed by atoms with Crippen LogP contribution in [0.1, 0.15) is 18.5 Å². The summed E-state index contributed by atoms with van der Waals surface area (Å²) < 4.78 is 9.06. The number of nitrogens with zero attached hydrogens (tertiary/aromatic N) is 5. The van der Waals surface area contributed by atoms with Crippen LogP contribution in [0.5, 0.6) is 0 Å². The van der Waals surface area contributed by atoms with Gasteiger partial charge in [0, 0.05) is 27.7 Å². The normalized spacial score (nSPS) is 15.8. The Morgan fingerprint density at radius 2 is 1.84 bits per heavy atom. The molecular weight excluding hydrogens is 482 g/mol. The first kappa shape index (κ1) is 25.7. The Bertz CT molecular complexity index is 1500. The number of nitrogens with one attached hydrogen (secondary N) is 2. The van der Waals surface area contributed by atoms with Crippen molar-refractivity contribution in [2.45, 2.75) is 19.5 Å². The van der Waals surface area contributed by atoms with Gasteiger partial charge in [0.1, 0.15) is 0 Å². The molecule has 37 heavy (non-hydrogen) atoms. The van der Waals surface area contributed by atoms with E-state index in [2.05, 4.69) is 15.6 Å². The van der Waals surface area contributed by atoms with Crippen molar-refractivity contribution in [2.75, 3.05) is 32.1 Å². The zero-order valence-corrected chi connectivity index (χ0v) is 21.0. The number of hydrogen-bond acceptors (Lipinski definition) is 8. The number of benzene rings is 1. The number of ether oxygens (including phenoxy) is 1. The highest BCUT2D eigenvalue weighted by atomic mass is 16.5. The van der Waals surface area contributed by atoms with Crippen LogP contribution in [0.2, 0.25) is 0 Å². The van der Waals surface area contributed by atoms with Crippen LogP contribution < -0.4 is 21.9 Å². The van der Waals surface area contributed by atoms with Crippen molar-refractivity contribution in [3.63, 3.8) is 0 Å². The van der Waals surface area contributed by atoms with Gasteiger partial charge in [0.25, 0.3) is 5.56 Å². The Balaban J connectivity index is 2.00. The Morgan fingerprint density at radius 3 is 2.49 bits per heavy atom. The van der Waals surface area contributed by atoms with Crippen molar-refractivity contribution in [1.29, 1.82) is 0 Å². The van der Waals surface area contributed by atoms with Gasteiger partial charge in [-0.25, -0.2) is 14.4 Å². The number of carbonyl (C=O) groups excluding carboxylic acids is 2. The number of esters is 1. The highest BCUT2D eigenvalue weighted by Crippen LogP contribution is 2.32. The van der Waals surface area contributed by atoms with Gasteiger partial charge in [-0.1, -0.05) is 30.3 Å². The zero-order chi connectivity index (χ0) is 26.9. The van der Waals surface area contributed by atoms with E-state index in [4.69, 9.17) is 4.74 Å². The predicted octanol–water partition coefficient (Wildman–Crippen LogP) is 0.0514. The number of hydrogen-bond donors (Lipinski definition) is 3. The van der Waals surface area contributed by atoms with Crippen LogP contribution in [0.4, 0.5) is 10.7 Å². The number of imidazole rings is 1. The van der Waals surface area contributed by atoms with Crippen LogP contribution in [-0.2, 0) is 30.2 Å². The quantitative estimate of drug-likeness (QED) is 0.359. The van der Waals surface area contributed by atoms with Crippen molar-refractivity contribution in [3.8, 4) is 0 Å². The summed E-state index contributed by atoms with van der Waals surface area (Å²) in [5.41, 5.74) is 0.233. The van der Waals surface area contributed by atoms with E-state index in [-0.39, 0.29) is 49.0 Å². The van der Waals surface area contributed by atoms with E-state index >= 15 is 0 Å². The third-order valence-electron chi connectivity index (χ3n) is 6.26. The Morgan fingerprint density at radius 1 is 1.14 bits per heavy atom. The standard InChI is InChI=1S/C24H29N7O6/c1-5-37-21(34)16-15(28(2)23(35)26-17(16)14-9-7-6-8-10-14)13-31-18-19(27-22(31)25-11-12-32)29(3)24(36)30(4)20(18)33/h6-10,17,32H,5,11-13H2,1-4H3,(H,25,27)(H,26,35). The number of allylic oxidation sites excluding steroid dienone is 1. The number of aliphatic hydroxyl groups excluding tert-OH is 1. The van der Waals surface area contributed by atoms with Gasteiger partial charge in [-0.3, -0.25) is 23.4 Å². The number of anilines is 1. The summed E-state index contributed by atoms with van der Waals surface area (Å²) in [5.74, 6) is -0.429. The van der Waals surface area contributed by atoms with Crippen molar-refractivity contribution < 1.29 is 19.4 Å². The molecule has 1 aromatic carbocycles. The van der Waals surface area contributed by atoms with Gasteiger partial charge in [0.15, 0.2) is 11.2 Å². The fraction of sp³-hybridized carbons (Fsp3) is 0.375. The van der Waals surface area contributed by atoms with Gasteiger partial charge in [-0.15, -0.1) is 0 Å². The van der Waals surface area contributed by atoms with Crippen molar-refractivity contribution in [3.05, 3.63) is 68.0 Å². The third-order valence-corrected chi connectivity index (χ3v) is 6.26. The first-order valence-electron chi connectivity index (χ1n) is 11.7. The van der Waals surface area contributed by atoms with E-state index in [1.54, 1.807) is 31.2 Å². The highest BCUT2D eigenvalue weighted by Gasteiger charge is 2.37. The lowest BCUT2D eigenvalue weighted by molar-refractivity contribution is -0.139. The van der Waals surface area contributed by atoms with Crippen LogP contribution >= 0.6 is 0 Å². The highest BCUT2D eigenvalue weighted by molar-refractivity contribution is 5.95. The number of aliphatic hydroxyl groups is 1. The molecule has 1 aliphatic heterocycles. The van der Waals surface area contributed by atoms with Crippen LogP contribution in [0.3, 0.4) is 0 Å². The van der Waals surface area contributed by atoms with E-state index in [0.717, 1.165) is 4.57 Å². The Kier molecular flexibility index (Phi) is 7.16. The van der Waals surface area contributed by atoms with E-state index < -0.39 is 29.3 Å². The SMILES string of the molecule is CCOC(=O)C1=C(Cn2c(NCCO)nc3c2c(=O)n(C)c(=O)n3C)N(C)C(=O)NC1c1ccccc1. The molecule has 1 atom stereocenters. The van der Waals surface area contributed by atoms with Crippen LogP contribution in [0, 0.1) is 0 Å². The number of aromatic nitrogens is 4. The molecule has 2 aromatic heterocycles. The number of amides is 2. The molecule has 4 rings (SSSR count). The molecule has 0 saturated carbocycles. The number of urea groups is 1. The van der Waals surface area contributed by atoms with E-state index in [0.29, 0.717) is 11.3 Å². The molecule has 0 bridgehead atoms. The molecular formula is C24H29N7O6. The number of fused-ring (bicyclic) bond motifs is 1. The molecule has 3 aromatic rings. The van der Waals surface area contributed by atoms with Gasteiger partial charge in [-0.2, -0.15) is 4.98 Å². The maximum Gasteiger partial charge on any atom is 0.338 e. The maximum absolute atomic E-state index is 13.3. The summed E-state index contributed by atoms with van der Waals surface area (Å²) in [7, 11) is 4.36. The van der Waals surface area contributed by atoms with Gasteiger partial charge in [0.05, 0.1) is 37.1 Å². The van der Waals surface area contributed by atoms with E-state index in [1.165, 1.54) is 35.2 Å². The lowest BCUT2D eigenvalue weighted by atomic mass is 9.94. The summed E-state index contributed by atoms with van der Waals surface area (Å²) in [6.45, 7) is 1.58. The van der Waals surface area contributed by atoms with E-state index in [9.17, 15) is 24.3 Å². The first-order chi connectivity index (χ1) is 17.7. The number of likely N-dealkylation sites (N-methyl/N-ethyl adjacent to an activating group) is 1. The molecule has 3 heterocycles. The second-order valence-corrected chi connectivity index (χ2v) is 8.48. The molecule has 0 saturated heterocycles. The number of rotatable bonds is 8. The molecule has 196 valence electrons. The number of carbonyl (C=O) groups is 2. The molecule has 3 N–H and O–H groups in total. The van der Waals surface area contributed by atoms with Crippen LogP contribution in [0.15, 0.2) is 51.2 Å².